The van der Waals surface area contributed by atoms with E-state index in [1.54, 1.807) is 18.2 Å². The van der Waals surface area contributed by atoms with Crippen LogP contribution in [0.5, 0.6) is 0 Å². The molecular formula is C15H18FNO2S. The maximum atomic E-state index is 13.5. The van der Waals surface area contributed by atoms with Gasteiger partial charge < -0.3 is 10.0 Å². The van der Waals surface area contributed by atoms with Crippen LogP contribution in [0.1, 0.15) is 25.7 Å². The topological polar surface area (TPSA) is 40.5 Å². The van der Waals surface area contributed by atoms with Gasteiger partial charge in [-0.1, -0.05) is 12.1 Å². The number of benzene rings is 1. The van der Waals surface area contributed by atoms with Gasteiger partial charge in [0.15, 0.2) is 0 Å². The van der Waals surface area contributed by atoms with Crippen molar-refractivity contribution in [2.75, 3.05) is 5.75 Å². The van der Waals surface area contributed by atoms with Crippen molar-refractivity contribution in [3.05, 3.63) is 30.1 Å². The van der Waals surface area contributed by atoms with Crippen LogP contribution < -0.4 is 0 Å². The largest absolute Gasteiger partial charge is 0.393 e. The third-order valence-corrected chi connectivity index (χ3v) is 5.22. The molecule has 1 aromatic carbocycles. The van der Waals surface area contributed by atoms with Gasteiger partial charge in [0.2, 0.25) is 5.91 Å². The van der Waals surface area contributed by atoms with Crippen molar-refractivity contribution in [2.24, 2.45) is 0 Å². The van der Waals surface area contributed by atoms with Crippen LogP contribution >= 0.6 is 11.8 Å². The zero-order valence-corrected chi connectivity index (χ0v) is 12.0. The summed E-state index contributed by atoms with van der Waals surface area (Å²) in [6, 6.07) is 6.88. The number of piperidine rings is 1. The smallest absolute Gasteiger partial charge is 0.233 e. The molecule has 1 N–H and O–H groups in total. The normalized spacial score (nSPS) is 28.7. The molecule has 20 heavy (non-hydrogen) atoms. The van der Waals surface area contributed by atoms with Crippen molar-refractivity contribution >= 4 is 17.7 Å². The van der Waals surface area contributed by atoms with E-state index in [1.807, 2.05) is 4.90 Å². The predicted octanol–water partition coefficient (Wildman–Crippen LogP) is 2.43. The van der Waals surface area contributed by atoms with E-state index < -0.39 is 0 Å². The average Bonchev–Trinajstić information content (AvgIpc) is 2.70. The number of carbonyl (C=O) groups is 1. The van der Waals surface area contributed by atoms with Crippen molar-refractivity contribution in [3.8, 4) is 0 Å². The predicted molar refractivity (Wildman–Crippen MR) is 76.0 cm³/mol. The number of nitrogens with zero attached hydrogens (tertiary/aromatic N) is 1. The maximum absolute atomic E-state index is 13.5. The summed E-state index contributed by atoms with van der Waals surface area (Å²) in [7, 11) is 0. The molecule has 0 aliphatic carbocycles. The van der Waals surface area contributed by atoms with Crippen LogP contribution in [-0.2, 0) is 4.79 Å². The molecule has 0 saturated carbocycles. The van der Waals surface area contributed by atoms with Crippen molar-refractivity contribution in [1.29, 1.82) is 0 Å². The quantitative estimate of drug-likeness (QED) is 0.871. The molecule has 5 heteroatoms. The lowest BCUT2D eigenvalue weighted by atomic mass is 10.00. The maximum Gasteiger partial charge on any atom is 0.233 e. The summed E-state index contributed by atoms with van der Waals surface area (Å²) in [6.07, 6.45) is 3.07. The summed E-state index contributed by atoms with van der Waals surface area (Å²) in [6.45, 7) is 0. The van der Waals surface area contributed by atoms with Crippen LogP contribution in [0.4, 0.5) is 4.39 Å². The van der Waals surface area contributed by atoms with E-state index in [0.29, 0.717) is 17.7 Å². The summed E-state index contributed by atoms with van der Waals surface area (Å²) in [4.78, 5) is 14.8. The Kier molecular flexibility index (Phi) is 3.98. The van der Waals surface area contributed by atoms with E-state index in [9.17, 15) is 14.3 Å². The molecule has 2 fully saturated rings. The zero-order valence-electron chi connectivity index (χ0n) is 11.2. The van der Waals surface area contributed by atoms with Crippen LogP contribution in [0.3, 0.4) is 0 Å². The van der Waals surface area contributed by atoms with Gasteiger partial charge in [-0.2, -0.15) is 0 Å². The Bertz CT molecular complexity index is 496. The van der Waals surface area contributed by atoms with E-state index in [2.05, 4.69) is 0 Å². The first-order chi connectivity index (χ1) is 9.65. The highest BCUT2D eigenvalue weighted by atomic mass is 32.2. The Hall–Kier alpha value is -1.07. The van der Waals surface area contributed by atoms with E-state index in [1.165, 1.54) is 17.8 Å². The van der Waals surface area contributed by atoms with Crippen LogP contribution in [0.15, 0.2) is 29.2 Å². The number of thioether (sulfide) groups is 1. The van der Waals surface area contributed by atoms with Gasteiger partial charge in [-0.25, -0.2) is 4.39 Å². The van der Waals surface area contributed by atoms with Crippen LogP contribution in [0.25, 0.3) is 0 Å². The number of aliphatic hydroxyl groups excluding tert-OH is 1. The monoisotopic (exact) mass is 295 g/mol. The highest BCUT2D eigenvalue weighted by Crippen LogP contribution is 2.36. The summed E-state index contributed by atoms with van der Waals surface area (Å²) >= 11 is 1.25. The standard InChI is InChI=1S/C15H18FNO2S/c16-13-3-1-2-4-14(13)20-9-15(19)17-10-5-6-11(17)8-12(18)7-10/h1-4,10-12,18H,5-9H2. The fourth-order valence-corrected chi connectivity index (χ4v) is 4.14. The molecule has 108 valence electrons. The summed E-state index contributed by atoms with van der Waals surface area (Å²) in [5.74, 6) is 0.0595. The first kappa shape index (κ1) is 13.9. The molecule has 2 atom stereocenters. The number of hydrogen-bond acceptors (Lipinski definition) is 3. The summed E-state index contributed by atoms with van der Waals surface area (Å²) < 4.78 is 13.5. The molecule has 0 radical (unpaired) electrons. The lowest BCUT2D eigenvalue weighted by Crippen LogP contribution is -2.48. The first-order valence-corrected chi connectivity index (χ1v) is 8.00. The molecule has 2 saturated heterocycles. The van der Waals surface area contributed by atoms with Crippen LogP contribution in [0, 0.1) is 5.82 Å². The number of hydrogen-bond donors (Lipinski definition) is 1. The average molecular weight is 295 g/mol. The number of amides is 1. The SMILES string of the molecule is O=C(CSc1ccccc1F)N1C2CCC1CC(O)C2. The van der Waals surface area contributed by atoms with Crippen molar-refractivity contribution in [2.45, 2.75) is 48.8 Å². The molecule has 2 bridgehead atoms. The minimum absolute atomic E-state index is 0.0673. The zero-order chi connectivity index (χ0) is 14.1. The fraction of sp³-hybridized carbons (Fsp3) is 0.533. The van der Waals surface area contributed by atoms with Crippen molar-refractivity contribution < 1.29 is 14.3 Å². The van der Waals surface area contributed by atoms with Gasteiger partial charge in [-0.05, 0) is 37.8 Å². The highest BCUT2D eigenvalue weighted by Gasteiger charge is 2.42. The first-order valence-electron chi connectivity index (χ1n) is 7.01. The minimum atomic E-state index is -0.276. The number of rotatable bonds is 3. The molecular weight excluding hydrogens is 277 g/mol. The van der Waals surface area contributed by atoms with E-state index in [4.69, 9.17) is 0 Å². The van der Waals surface area contributed by atoms with Gasteiger partial charge in [0.25, 0.3) is 0 Å². The van der Waals surface area contributed by atoms with Gasteiger partial charge in [-0.15, -0.1) is 11.8 Å². The Morgan fingerprint density at radius 3 is 2.60 bits per heavy atom. The second kappa shape index (κ2) is 5.74. The lowest BCUT2D eigenvalue weighted by molar-refractivity contribution is -0.134. The van der Waals surface area contributed by atoms with Crippen LogP contribution in [0.2, 0.25) is 0 Å². The van der Waals surface area contributed by atoms with Crippen molar-refractivity contribution in [1.82, 2.24) is 4.90 Å². The Balaban J connectivity index is 1.62. The molecule has 2 heterocycles. The van der Waals surface area contributed by atoms with Gasteiger partial charge >= 0.3 is 0 Å². The molecule has 2 aliphatic rings. The van der Waals surface area contributed by atoms with E-state index in [-0.39, 0.29) is 35.7 Å². The molecule has 3 nitrogen and oxygen atoms in total. The Labute approximate surface area is 122 Å². The third-order valence-electron chi connectivity index (χ3n) is 4.18. The van der Waals surface area contributed by atoms with E-state index in [0.717, 1.165) is 12.8 Å². The van der Waals surface area contributed by atoms with Gasteiger partial charge in [0, 0.05) is 17.0 Å². The van der Waals surface area contributed by atoms with E-state index >= 15 is 0 Å². The number of halogens is 1. The molecule has 2 aliphatic heterocycles. The summed E-state index contributed by atoms with van der Waals surface area (Å²) in [5.41, 5.74) is 0. The van der Waals surface area contributed by atoms with Gasteiger partial charge in [0.05, 0.1) is 11.9 Å². The minimum Gasteiger partial charge on any atom is -0.393 e. The number of fused-ring (bicyclic) bond motifs is 2. The highest BCUT2D eigenvalue weighted by molar-refractivity contribution is 8.00. The molecule has 0 aromatic heterocycles. The molecule has 0 spiro atoms. The Morgan fingerprint density at radius 1 is 1.30 bits per heavy atom. The van der Waals surface area contributed by atoms with Gasteiger partial charge in [-0.3, -0.25) is 4.79 Å². The Morgan fingerprint density at radius 2 is 1.95 bits per heavy atom. The fourth-order valence-electron chi connectivity index (χ4n) is 3.33. The molecule has 1 amide bonds. The summed E-state index contributed by atoms with van der Waals surface area (Å²) in [5, 5.41) is 9.74. The second-order valence-corrected chi connectivity index (χ2v) is 6.55. The lowest BCUT2D eigenvalue weighted by Gasteiger charge is -2.37. The second-order valence-electron chi connectivity index (χ2n) is 5.53. The van der Waals surface area contributed by atoms with Crippen LogP contribution in [-0.4, -0.2) is 39.9 Å². The third kappa shape index (κ3) is 2.69. The number of carbonyl (C=O) groups excluding carboxylic acids is 1. The van der Waals surface area contributed by atoms with Gasteiger partial charge in [0.1, 0.15) is 5.82 Å². The molecule has 3 rings (SSSR count). The number of aliphatic hydroxyl groups is 1. The molecule has 2 unspecified atom stereocenters. The van der Waals surface area contributed by atoms with Crippen molar-refractivity contribution in [3.63, 3.8) is 0 Å². The molecule has 1 aromatic rings.